The van der Waals surface area contributed by atoms with Gasteiger partial charge in [-0.15, -0.1) is 0 Å². The summed E-state index contributed by atoms with van der Waals surface area (Å²) in [6.45, 7) is 0.854. The van der Waals surface area contributed by atoms with Crippen molar-refractivity contribution in [3.05, 3.63) is 21.9 Å². The van der Waals surface area contributed by atoms with E-state index in [0.717, 1.165) is 0 Å². The van der Waals surface area contributed by atoms with E-state index in [0.29, 0.717) is 11.5 Å². The highest BCUT2D eigenvalue weighted by atomic mass is 31.2. The molecule has 1 saturated heterocycles. The molecule has 0 amide bonds. The molecule has 12 nitrogen and oxygen atoms in total. The number of rotatable bonds is 5. The number of nitrogens with two attached hydrogens (primary N) is 1. The first-order valence-corrected chi connectivity index (χ1v) is 9.13. The number of aromatic nitrogens is 2. The smallest absolute Gasteiger partial charge is 0.386 e. The van der Waals surface area contributed by atoms with Crippen molar-refractivity contribution in [2.75, 3.05) is 13.7 Å². The molecular formula is C13H19N4O8P. The van der Waals surface area contributed by atoms with E-state index in [-0.39, 0.29) is 5.69 Å². The van der Waals surface area contributed by atoms with Crippen molar-refractivity contribution in [2.45, 2.75) is 36.9 Å². The molecule has 0 aliphatic carbocycles. The van der Waals surface area contributed by atoms with Gasteiger partial charge in [-0.1, -0.05) is 0 Å². The van der Waals surface area contributed by atoms with Crippen LogP contribution in [0.15, 0.2) is 9.79 Å². The zero-order valence-corrected chi connectivity index (χ0v) is 14.8. The van der Waals surface area contributed by atoms with Crippen LogP contribution in [0.4, 0.5) is 5.69 Å². The summed E-state index contributed by atoms with van der Waals surface area (Å²) in [7, 11) is -3.64. The summed E-state index contributed by atoms with van der Waals surface area (Å²) in [5.74, 6) is -2.17. The Morgan fingerprint density at radius 2 is 2.19 bits per heavy atom. The quantitative estimate of drug-likeness (QED) is 0.367. The molecule has 1 aromatic heterocycles. The lowest BCUT2D eigenvalue weighted by Gasteiger charge is -2.30. The van der Waals surface area contributed by atoms with Crippen LogP contribution >= 0.6 is 7.82 Å². The Morgan fingerprint density at radius 1 is 1.50 bits per heavy atom. The van der Waals surface area contributed by atoms with Gasteiger partial charge in [-0.05, 0) is 6.92 Å². The summed E-state index contributed by atoms with van der Waals surface area (Å²) in [5, 5.41) is 10.5. The number of ether oxygens (including phenoxy) is 2. The molecule has 0 saturated carbocycles. The van der Waals surface area contributed by atoms with Gasteiger partial charge in [0.05, 0.1) is 23.8 Å². The fourth-order valence-corrected chi connectivity index (χ4v) is 3.46. The van der Waals surface area contributed by atoms with Crippen LogP contribution in [0.5, 0.6) is 0 Å². The summed E-state index contributed by atoms with van der Waals surface area (Å²) in [6, 6.07) is -1.01. The van der Waals surface area contributed by atoms with E-state index >= 15 is 0 Å². The minimum atomic E-state index is -4.83. The molecule has 0 radical (unpaired) electrons. The molecule has 1 fully saturated rings. The van der Waals surface area contributed by atoms with Crippen LogP contribution in [0.3, 0.4) is 0 Å². The van der Waals surface area contributed by atoms with Crippen LogP contribution < -0.4 is 11.3 Å². The van der Waals surface area contributed by atoms with Crippen molar-refractivity contribution < 1.29 is 33.5 Å². The van der Waals surface area contributed by atoms with E-state index in [4.69, 9.17) is 25.0 Å². The van der Waals surface area contributed by atoms with Gasteiger partial charge in [0.1, 0.15) is 24.2 Å². The number of hydrogen-bond acceptors (Lipinski definition) is 9. The van der Waals surface area contributed by atoms with Crippen molar-refractivity contribution in [3.8, 4) is 0 Å². The van der Waals surface area contributed by atoms with E-state index in [1.807, 2.05) is 0 Å². The molecule has 5 atom stereocenters. The third kappa shape index (κ3) is 3.26. The number of hydrogen-bond donors (Lipinski definition) is 5. The zero-order chi connectivity index (χ0) is 19.3. The maximum absolute atomic E-state index is 12.0. The minimum absolute atomic E-state index is 0.118. The van der Waals surface area contributed by atoms with Crippen molar-refractivity contribution in [1.29, 1.82) is 0 Å². The molecule has 0 bridgehead atoms. The highest BCUT2D eigenvalue weighted by molar-refractivity contribution is 7.46. The van der Waals surface area contributed by atoms with Gasteiger partial charge in [0.25, 0.3) is 5.56 Å². The molecule has 6 N–H and O–H groups in total. The Kier molecular flexibility index (Phi) is 4.88. The predicted molar refractivity (Wildman–Crippen MR) is 87.1 cm³/mol. The number of aryl methyl sites for hydroxylation is 1. The lowest BCUT2D eigenvalue weighted by molar-refractivity contribution is -0.259. The number of nitrogens with one attached hydrogen (secondary N) is 1. The first-order chi connectivity index (χ1) is 12.1. The fraction of sp³-hybridized carbons (Fsp3) is 0.615. The molecular weight excluding hydrogens is 371 g/mol. The van der Waals surface area contributed by atoms with Crippen molar-refractivity contribution in [3.63, 3.8) is 0 Å². The van der Waals surface area contributed by atoms with Crippen LogP contribution in [0.2, 0.25) is 0 Å². The molecule has 13 heteroatoms. The monoisotopic (exact) mass is 390 g/mol. The van der Waals surface area contributed by atoms with Gasteiger partial charge < -0.3 is 35.1 Å². The highest BCUT2D eigenvalue weighted by Gasteiger charge is 2.57. The number of aliphatic hydroxyl groups is 1. The second kappa shape index (κ2) is 6.59. The van der Waals surface area contributed by atoms with Crippen LogP contribution in [-0.4, -0.2) is 68.8 Å². The second-order valence-corrected chi connectivity index (χ2v) is 7.31. The van der Waals surface area contributed by atoms with E-state index in [9.17, 15) is 14.5 Å². The van der Waals surface area contributed by atoms with Crippen LogP contribution in [0, 0.1) is 6.92 Å². The number of aliphatic imine (C=N–C) groups is 1. The number of phosphoric ester groups is 1. The first kappa shape index (κ1) is 19.3. The lowest BCUT2D eigenvalue weighted by atomic mass is 9.93. The minimum Gasteiger partial charge on any atom is -0.386 e. The SMILES string of the molecule is CO[C@]1(COP(=O)(O)O)O[C@@H](C2C=Nc3c2nc(C)[nH]c3=O)[C@@H](N)[C@@H]1O. The molecule has 3 heterocycles. The highest BCUT2D eigenvalue weighted by Crippen LogP contribution is 2.44. The van der Waals surface area contributed by atoms with Gasteiger partial charge in [-0.25, -0.2) is 9.55 Å². The third-order valence-corrected chi connectivity index (χ3v) is 4.85. The fourth-order valence-electron chi connectivity index (χ4n) is 3.11. The maximum atomic E-state index is 12.0. The van der Waals surface area contributed by atoms with Crippen LogP contribution in [0.25, 0.3) is 0 Å². The summed E-state index contributed by atoms with van der Waals surface area (Å²) in [5.41, 5.74) is 6.08. The van der Waals surface area contributed by atoms with Crippen molar-refractivity contribution >= 4 is 19.7 Å². The van der Waals surface area contributed by atoms with Crippen molar-refractivity contribution in [2.24, 2.45) is 10.7 Å². The van der Waals surface area contributed by atoms with Gasteiger partial charge in [0.15, 0.2) is 0 Å². The molecule has 2 aliphatic rings. The largest absolute Gasteiger partial charge is 0.469 e. The Morgan fingerprint density at radius 3 is 2.81 bits per heavy atom. The van der Waals surface area contributed by atoms with Crippen molar-refractivity contribution in [1.82, 2.24) is 9.97 Å². The molecule has 144 valence electrons. The number of methoxy groups -OCH3 is 1. The molecule has 0 aromatic carbocycles. The van der Waals surface area contributed by atoms with Gasteiger partial charge >= 0.3 is 7.82 Å². The first-order valence-electron chi connectivity index (χ1n) is 7.59. The van der Waals surface area contributed by atoms with Crippen LogP contribution in [-0.2, 0) is 18.6 Å². The number of aromatic amines is 1. The standard InChI is InChI=1S/C13H19N4O8P/c1-5-16-8-6(3-15-9(8)12(19)17-5)10-7(14)11(18)13(23-2,25-10)4-24-26(20,21)22/h3,6-7,10-11,18H,4,14H2,1-2H3,(H,16,17,19)(H2,20,21,22)/t6?,7-,10+,11+,13-/m1/s1. The number of aliphatic hydroxyl groups excluding tert-OH is 1. The van der Waals surface area contributed by atoms with Gasteiger partial charge in [0, 0.05) is 13.3 Å². The molecule has 1 unspecified atom stereocenters. The summed E-state index contributed by atoms with van der Waals surface area (Å²) in [6.07, 6.45) is -0.937. The van der Waals surface area contributed by atoms with E-state index < -0.39 is 49.9 Å². The Balaban J connectivity index is 1.91. The average molecular weight is 390 g/mol. The Hall–Kier alpha value is -1.50. The normalized spacial score (nSPS) is 33.6. The van der Waals surface area contributed by atoms with E-state index in [2.05, 4.69) is 19.5 Å². The number of H-pyrrole nitrogens is 1. The molecule has 3 rings (SSSR count). The van der Waals surface area contributed by atoms with Gasteiger partial charge in [-0.2, -0.15) is 0 Å². The van der Waals surface area contributed by atoms with Gasteiger partial charge in [-0.3, -0.25) is 14.3 Å². The number of phosphoric acid groups is 1. The molecule has 1 aromatic rings. The second-order valence-electron chi connectivity index (χ2n) is 6.07. The summed E-state index contributed by atoms with van der Waals surface area (Å²) >= 11 is 0. The van der Waals surface area contributed by atoms with Gasteiger partial charge in [0.2, 0.25) is 5.79 Å². The topological polar surface area (TPSA) is 190 Å². The van der Waals surface area contributed by atoms with E-state index in [1.165, 1.54) is 13.3 Å². The third-order valence-electron chi connectivity index (χ3n) is 4.38. The maximum Gasteiger partial charge on any atom is 0.469 e. The summed E-state index contributed by atoms with van der Waals surface area (Å²) < 4.78 is 26.3. The van der Waals surface area contributed by atoms with Crippen LogP contribution in [0.1, 0.15) is 17.4 Å². The summed E-state index contributed by atoms with van der Waals surface area (Å²) in [4.78, 5) is 40.6. The van der Waals surface area contributed by atoms with E-state index in [1.54, 1.807) is 6.92 Å². The zero-order valence-electron chi connectivity index (χ0n) is 13.9. The molecule has 26 heavy (non-hydrogen) atoms. The molecule has 0 spiro atoms. The predicted octanol–water partition coefficient (Wildman–Crippen LogP) is -1.58. The average Bonchev–Trinajstić information content (AvgIpc) is 3.07. The number of nitrogens with zero attached hydrogens (tertiary/aromatic N) is 2. The Labute approximate surface area is 147 Å². The molecule has 2 aliphatic heterocycles. The number of fused-ring (bicyclic) bond motifs is 1. The Bertz CT molecular complexity index is 838. The lowest BCUT2D eigenvalue weighted by Crippen LogP contribution is -2.50.